The van der Waals surface area contributed by atoms with Crippen LogP contribution in [0.15, 0.2) is 6.33 Å². The second kappa shape index (κ2) is 4.12. The first-order valence-corrected chi connectivity index (χ1v) is 6.00. The number of hydrogen-bond acceptors (Lipinski definition) is 5. The first kappa shape index (κ1) is 12.6. The SMILES string of the molecule is CC(N(C)c1nc(N)nc2nc[nH]c12)C(C)(C)C. The summed E-state index contributed by atoms with van der Waals surface area (Å²) in [5.74, 6) is 1.04. The Hall–Kier alpha value is -1.85. The molecule has 0 fully saturated rings. The number of nitrogens with zero attached hydrogens (tertiary/aromatic N) is 4. The van der Waals surface area contributed by atoms with E-state index in [1.165, 1.54) is 0 Å². The molecule has 2 rings (SSSR count). The Morgan fingerprint density at radius 1 is 1.33 bits per heavy atom. The molecule has 0 aliphatic carbocycles. The summed E-state index contributed by atoms with van der Waals surface area (Å²) >= 11 is 0. The second-order valence-corrected chi connectivity index (χ2v) is 5.66. The Morgan fingerprint density at radius 2 is 2.00 bits per heavy atom. The van der Waals surface area contributed by atoms with Crippen molar-refractivity contribution in [2.75, 3.05) is 17.7 Å². The van der Waals surface area contributed by atoms with Crippen LogP contribution in [0.4, 0.5) is 11.8 Å². The number of imidazole rings is 1. The van der Waals surface area contributed by atoms with Crippen molar-refractivity contribution >= 4 is 22.9 Å². The van der Waals surface area contributed by atoms with Gasteiger partial charge in [0.1, 0.15) is 5.52 Å². The highest BCUT2D eigenvalue weighted by molar-refractivity contribution is 5.84. The van der Waals surface area contributed by atoms with Gasteiger partial charge in [-0.15, -0.1) is 0 Å². The van der Waals surface area contributed by atoms with Crippen LogP contribution in [0.3, 0.4) is 0 Å². The number of nitrogen functional groups attached to an aromatic ring is 1. The summed E-state index contributed by atoms with van der Waals surface area (Å²) in [7, 11) is 2.01. The number of H-pyrrole nitrogens is 1. The average Bonchev–Trinajstić information content (AvgIpc) is 2.72. The van der Waals surface area contributed by atoms with Gasteiger partial charge in [-0.05, 0) is 12.3 Å². The molecule has 2 aromatic heterocycles. The normalized spacial score (nSPS) is 13.8. The number of fused-ring (bicyclic) bond motifs is 1. The van der Waals surface area contributed by atoms with Crippen LogP contribution in [0.25, 0.3) is 11.2 Å². The molecule has 1 unspecified atom stereocenters. The second-order valence-electron chi connectivity index (χ2n) is 5.66. The zero-order valence-electron chi connectivity index (χ0n) is 11.5. The smallest absolute Gasteiger partial charge is 0.224 e. The van der Waals surface area contributed by atoms with E-state index in [4.69, 9.17) is 5.73 Å². The number of anilines is 2. The topological polar surface area (TPSA) is 83.7 Å². The van der Waals surface area contributed by atoms with E-state index in [0.29, 0.717) is 11.7 Å². The predicted molar refractivity (Wildman–Crippen MR) is 73.4 cm³/mol. The van der Waals surface area contributed by atoms with Crippen LogP contribution >= 0.6 is 0 Å². The van der Waals surface area contributed by atoms with Crippen LogP contribution in [0, 0.1) is 5.41 Å². The van der Waals surface area contributed by atoms with Crippen LogP contribution in [0.2, 0.25) is 0 Å². The van der Waals surface area contributed by atoms with Crippen molar-refractivity contribution < 1.29 is 0 Å². The third-order valence-corrected chi connectivity index (χ3v) is 3.45. The Balaban J connectivity index is 2.50. The van der Waals surface area contributed by atoms with Crippen LogP contribution < -0.4 is 10.6 Å². The molecule has 98 valence electrons. The Morgan fingerprint density at radius 3 is 2.61 bits per heavy atom. The van der Waals surface area contributed by atoms with Crippen molar-refractivity contribution in [2.24, 2.45) is 5.41 Å². The molecule has 3 N–H and O–H groups in total. The van der Waals surface area contributed by atoms with E-state index in [0.717, 1.165) is 11.3 Å². The van der Waals surface area contributed by atoms with E-state index in [1.54, 1.807) is 6.33 Å². The van der Waals surface area contributed by atoms with Gasteiger partial charge in [0, 0.05) is 13.1 Å². The van der Waals surface area contributed by atoms with E-state index in [1.807, 2.05) is 7.05 Å². The number of rotatable bonds is 2. The molecule has 0 aliphatic heterocycles. The lowest BCUT2D eigenvalue weighted by molar-refractivity contribution is 0.329. The van der Waals surface area contributed by atoms with Gasteiger partial charge < -0.3 is 15.6 Å². The van der Waals surface area contributed by atoms with E-state index >= 15 is 0 Å². The van der Waals surface area contributed by atoms with Crippen molar-refractivity contribution in [1.29, 1.82) is 0 Å². The van der Waals surface area contributed by atoms with Gasteiger partial charge in [-0.2, -0.15) is 9.97 Å². The molecule has 1 atom stereocenters. The van der Waals surface area contributed by atoms with Crippen LogP contribution in [0.1, 0.15) is 27.7 Å². The Kier molecular flexibility index (Phi) is 2.88. The van der Waals surface area contributed by atoms with E-state index in [-0.39, 0.29) is 11.4 Å². The minimum atomic E-state index is 0.140. The van der Waals surface area contributed by atoms with E-state index < -0.39 is 0 Å². The number of hydrogen-bond donors (Lipinski definition) is 2. The molecule has 0 spiro atoms. The van der Waals surface area contributed by atoms with Crippen molar-refractivity contribution in [3.8, 4) is 0 Å². The van der Waals surface area contributed by atoms with Gasteiger partial charge in [-0.3, -0.25) is 0 Å². The van der Waals surface area contributed by atoms with Gasteiger partial charge in [-0.1, -0.05) is 20.8 Å². The molecule has 0 radical (unpaired) electrons. The molecule has 2 aromatic rings. The minimum Gasteiger partial charge on any atom is -0.368 e. The van der Waals surface area contributed by atoms with Crippen LogP contribution in [-0.2, 0) is 0 Å². The molecule has 0 amide bonds. The average molecular weight is 248 g/mol. The standard InChI is InChI=1S/C12H20N6/c1-7(12(2,3)4)18(5)10-8-9(15-6-14-8)16-11(13)17-10/h6-7H,1-5H3,(H3,13,14,15,16,17). The number of aromatic amines is 1. The van der Waals surface area contributed by atoms with E-state index in [9.17, 15) is 0 Å². The summed E-state index contributed by atoms with van der Waals surface area (Å²) in [6.07, 6.45) is 1.61. The summed E-state index contributed by atoms with van der Waals surface area (Å²) < 4.78 is 0. The first-order chi connectivity index (χ1) is 8.30. The molecule has 2 heterocycles. The van der Waals surface area contributed by atoms with Crippen molar-refractivity contribution in [2.45, 2.75) is 33.7 Å². The summed E-state index contributed by atoms with van der Waals surface area (Å²) in [5, 5.41) is 0. The van der Waals surface area contributed by atoms with Gasteiger partial charge in [-0.25, -0.2) is 4.98 Å². The molecule has 0 saturated heterocycles. The minimum absolute atomic E-state index is 0.140. The zero-order chi connectivity index (χ0) is 13.5. The highest BCUT2D eigenvalue weighted by atomic mass is 15.2. The van der Waals surface area contributed by atoms with Gasteiger partial charge in [0.25, 0.3) is 0 Å². The Bertz CT molecular complexity index is 553. The van der Waals surface area contributed by atoms with Gasteiger partial charge in [0.05, 0.1) is 6.33 Å². The molecule has 6 heteroatoms. The maximum absolute atomic E-state index is 5.73. The largest absolute Gasteiger partial charge is 0.368 e. The van der Waals surface area contributed by atoms with Gasteiger partial charge in [0.15, 0.2) is 11.5 Å². The first-order valence-electron chi connectivity index (χ1n) is 6.00. The highest BCUT2D eigenvalue weighted by Crippen LogP contribution is 2.29. The van der Waals surface area contributed by atoms with Gasteiger partial charge >= 0.3 is 0 Å². The van der Waals surface area contributed by atoms with Crippen molar-refractivity contribution in [3.63, 3.8) is 0 Å². The molecular weight excluding hydrogens is 228 g/mol. The maximum Gasteiger partial charge on any atom is 0.224 e. The summed E-state index contributed by atoms with van der Waals surface area (Å²) in [6.45, 7) is 8.76. The third kappa shape index (κ3) is 2.10. The fourth-order valence-electron chi connectivity index (χ4n) is 1.85. The van der Waals surface area contributed by atoms with Crippen molar-refractivity contribution in [1.82, 2.24) is 19.9 Å². The molecule has 0 aliphatic rings. The molecule has 6 nitrogen and oxygen atoms in total. The summed E-state index contributed by atoms with van der Waals surface area (Å²) in [5.41, 5.74) is 7.29. The highest BCUT2D eigenvalue weighted by Gasteiger charge is 2.26. The number of aromatic nitrogens is 4. The van der Waals surface area contributed by atoms with Crippen LogP contribution in [-0.4, -0.2) is 33.0 Å². The summed E-state index contributed by atoms with van der Waals surface area (Å²) in [6, 6.07) is 0.304. The van der Waals surface area contributed by atoms with Crippen molar-refractivity contribution in [3.05, 3.63) is 6.33 Å². The fourth-order valence-corrected chi connectivity index (χ4v) is 1.85. The lowest BCUT2D eigenvalue weighted by atomic mass is 9.87. The van der Waals surface area contributed by atoms with Gasteiger partial charge in [0.2, 0.25) is 5.95 Å². The zero-order valence-corrected chi connectivity index (χ0v) is 11.5. The molecule has 18 heavy (non-hydrogen) atoms. The molecule has 0 aromatic carbocycles. The monoisotopic (exact) mass is 248 g/mol. The number of nitrogens with one attached hydrogen (secondary N) is 1. The lowest BCUT2D eigenvalue weighted by Crippen LogP contribution is -2.40. The fraction of sp³-hybridized carbons (Fsp3) is 0.583. The molecule has 0 saturated carbocycles. The quantitative estimate of drug-likeness (QED) is 0.846. The van der Waals surface area contributed by atoms with E-state index in [2.05, 4.69) is 52.5 Å². The molecular formula is C12H20N6. The maximum atomic E-state index is 5.73. The summed E-state index contributed by atoms with van der Waals surface area (Å²) in [4.78, 5) is 17.7. The third-order valence-electron chi connectivity index (χ3n) is 3.45. The molecule has 0 bridgehead atoms. The lowest BCUT2D eigenvalue weighted by Gasteiger charge is -2.36. The Labute approximate surface area is 107 Å². The predicted octanol–water partition coefficient (Wildman–Crippen LogP) is 1.81. The number of nitrogens with two attached hydrogens (primary N) is 1. The van der Waals surface area contributed by atoms with Crippen LogP contribution in [0.5, 0.6) is 0 Å².